The van der Waals surface area contributed by atoms with Gasteiger partial charge in [-0.25, -0.2) is 9.97 Å². The van der Waals surface area contributed by atoms with Gasteiger partial charge < -0.3 is 9.97 Å². The lowest BCUT2D eigenvalue weighted by Gasteiger charge is -2.19. The second-order valence-electron chi connectivity index (χ2n) is 17.1. The highest BCUT2D eigenvalue weighted by Gasteiger charge is 2.21. The first-order chi connectivity index (χ1) is 26.2. The number of nitrogens with one attached hydrogen (secondary N) is 2. The van der Waals surface area contributed by atoms with Crippen LogP contribution >= 0.6 is 0 Å². The van der Waals surface area contributed by atoms with E-state index in [2.05, 4.69) is 157 Å². The maximum absolute atomic E-state index is 12.9. The van der Waals surface area contributed by atoms with Crippen LogP contribution in [-0.4, -0.2) is 26.2 Å². The molecule has 274 valence electrons. The van der Waals surface area contributed by atoms with Gasteiger partial charge in [-0.2, -0.15) is 0 Å². The van der Waals surface area contributed by atoms with Gasteiger partial charge in [-0.05, 0) is 119 Å². The van der Waals surface area contributed by atoms with Crippen molar-refractivity contribution in [2.75, 3.05) is 0 Å². The molecule has 0 fully saturated rings. The summed E-state index contributed by atoms with van der Waals surface area (Å²) >= 11 is 0. The minimum Gasteiger partial charge on any atom is -0.354 e. The van der Waals surface area contributed by atoms with Crippen LogP contribution in [0.1, 0.15) is 102 Å². The summed E-state index contributed by atoms with van der Waals surface area (Å²) in [6.07, 6.45) is 8.77. The molecular formula is C50H48N4O. The minimum atomic E-state index is 0.0178. The number of rotatable bonds is 4. The van der Waals surface area contributed by atoms with Crippen LogP contribution in [0.3, 0.4) is 0 Å². The van der Waals surface area contributed by atoms with Crippen molar-refractivity contribution < 1.29 is 4.79 Å². The number of carbonyl (C=O) groups is 1. The summed E-state index contributed by atoms with van der Waals surface area (Å²) in [5, 5.41) is 0. The molecule has 2 aliphatic heterocycles. The lowest BCUT2D eigenvalue weighted by molar-refractivity contribution is 0.112. The molecule has 0 amide bonds. The predicted molar refractivity (Wildman–Crippen MR) is 232 cm³/mol. The van der Waals surface area contributed by atoms with E-state index < -0.39 is 0 Å². The van der Waals surface area contributed by atoms with Gasteiger partial charge in [0.25, 0.3) is 0 Å². The Morgan fingerprint density at radius 3 is 1.20 bits per heavy atom. The molecule has 8 rings (SSSR count). The third-order valence-corrected chi connectivity index (χ3v) is 10.9. The number of H-pyrrole nitrogens is 2. The van der Waals surface area contributed by atoms with Crippen molar-refractivity contribution in [2.45, 2.75) is 73.1 Å². The summed E-state index contributed by atoms with van der Waals surface area (Å²) in [6, 6.07) is 30.7. The van der Waals surface area contributed by atoms with Gasteiger partial charge in [0.05, 0.1) is 28.3 Å². The number of carbonyl (C=O) groups excluding carboxylic acids is 1. The highest BCUT2D eigenvalue weighted by Crippen LogP contribution is 2.39. The molecule has 0 spiro atoms. The molecule has 6 aromatic rings. The molecule has 0 aliphatic carbocycles. The van der Waals surface area contributed by atoms with Crippen molar-refractivity contribution in [1.82, 2.24) is 19.9 Å². The number of aryl methyl sites for hydroxylation is 3. The number of hydrogen-bond acceptors (Lipinski definition) is 3. The first-order valence-corrected chi connectivity index (χ1v) is 19.1. The molecule has 3 aromatic heterocycles. The molecule has 5 nitrogen and oxygen atoms in total. The zero-order valence-corrected chi connectivity index (χ0v) is 33.3. The van der Waals surface area contributed by atoms with Crippen LogP contribution in [0.25, 0.3) is 79.8 Å². The zero-order chi connectivity index (χ0) is 38.8. The number of aromatic amines is 2. The third kappa shape index (κ3) is 6.58. The summed E-state index contributed by atoms with van der Waals surface area (Å²) < 4.78 is 0. The third-order valence-electron chi connectivity index (χ3n) is 10.9. The Bertz CT molecular complexity index is 2560. The van der Waals surface area contributed by atoms with Crippen molar-refractivity contribution in [3.8, 4) is 33.4 Å². The Balaban J connectivity index is 1.53. The predicted octanol–water partition coefficient (Wildman–Crippen LogP) is 13.0. The first kappa shape index (κ1) is 35.9. The lowest BCUT2D eigenvalue weighted by atomic mass is 9.86. The van der Waals surface area contributed by atoms with E-state index >= 15 is 0 Å². The van der Waals surface area contributed by atoms with E-state index in [0.717, 1.165) is 67.6 Å². The number of aldehydes is 1. The summed E-state index contributed by atoms with van der Waals surface area (Å²) in [4.78, 5) is 30.9. The van der Waals surface area contributed by atoms with Gasteiger partial charge in [0.15, 0.2) is 6.29 Å². The van der Waals surface area contributed by atoms with Gasteiger partial charge in [-0.3, -0.25) is 4.79 Å². The Kier molecular flexibility index (Phi) is 8.72. The van der Waals surface area contributed by atoms with Gasteiger partial charge in [0.2, 0.25) is 0 Å². The Hall–Kier alpha value is -6.07. The quantitative estimate of drug-likeness (QED) is 0.178. The molecule has 0 radical (unpaired) electrons. The molecule has 55 heavy (non-hydrogen) atoms. The molecule has 0 atom stereocenters. The molecule has 2 N–H and O–H groups in total. The van der Waals surface area contributed by atoms with E-state index in [1.54, 1.807) is 0 Å². The van der Waals surface area contributed by atoms with E-state index in [1.165, 1.54) is 33.4 Å². The molecule has 5 heteroatoms. The van der Waals surface area contributed by atoms with Crippen molar-refractivity contribution in [1.29, 1.82) is 0 Å². The van der Waals surface area contributed by atoms with Crippen LogP contribution in [-0.2, 0) is 10.8 Å². The fraction of sp³-hybridized carbons (Fsp3) is 0.220. The van der Waals surface area contributed by atoms with Crippen molar-refractivity contribution in [2.24, 2.45) is 0 Å². The van der Waals surface area contributed by atoms with Crippen molar-refractivity contribution >= 4 is 52.7 Å². The summed E-state index contributed by atoms with van der Waals surface area (Å²) in [6.45, 7) is 19.9. The maximum Gasteiger partial charge on any atom is 0.154 e. The van der Waals surface area contributed by atoms with Gasteiger partial charge in [-0.15, -0.1) is 0 Å². The molecule has 5 heterocycles. The Morgan fingerprint density at radius 1 is 0.473 bits per heavy atom. The van der Waals surface area contributed by atoms with Crippen molar-refractivity contribution in [3.05, 3.63) is 141 Å². The second-order valence-corrected chi connectivity index (χ2v) is 17.1. The average Bonchev–Trinajstić information content (AvgIpc) is 3.96. The number of aromatic nitrogens is 4. The Morgan fingerprint density at radius 2 is 0.836 bits per heavy atom. The lowest BCUT2D eigenvalue weighted by Crippen LogP contribution is -2.10. The summed E-state index contributed by atoms with van der Waals surface area (Å²) in [5.41, 5.74) is 19.5. The fourth-order valence-corrected chi connectivity index (χ4v) is 8.07. The molecule has 0 saturated carbocycles. The molecule has 2 aliphatic rings. The number of fused-ring (bicyclic) bond motifs is 8. The number of nitrogens with zero attached hydrogens (tertiary/aromatic N) is 2. The summed E-state index contributed by atoms with van der Waals surface area (Å²) in [7, 11) is 0. The van der Waals surface area contributed by atoms with Crippen molar-refractivity contribution in [3.63, 3.8) is 0 Å². The van der Waals surface area contributed by atoms with E-state index in [9.17, 15) is 4.79 Å². The van der Waals surface area contributed by atoms with Crippen LogP contribution < -0.4 is 0 Å². The van der Waals surface area contributed by atoms with E-state index in [1.807, 2.05) is 24.3 Å². The fourth-order valence-electron chi connectivity index (χ4n) is 8.07. The molecule has 3 aromatic carbocycles. The van der Waals surface area contributed by atoms with Crippen LogP contribution in [0.5, 0.6) is 0 Å². The average molecular weight is 721 g/mol. The van der Waals surface area contributed by atoms with Crippen LogP contribution in [0, 0.1) is 20.8 Å². The first-order valence-electron chi connectivity index (χ1n) is 19.1. The smallest absolute Gasteiger partial charge is 0.154 e. The number of benzene rings is 3. The van der Waals surface area contributed by atoms with Crippen LogP contribution in [0.4, 0.5) is 0 Å². The zero-order valence-electron chi connectivity index (χ0n) is 33.3. The van der Waals surface area contributed by atoms with E-state index in [4.69, 9.17) is 9.97 Å². The molecule has 8 bridgehead atoms. The van der Waals surface area contributed by atoms with Gasteiger partial charge in [0, 0.05) is 38.8 Å². The van der Waals surface area contributed by atoms with Gasteiger partial charge in [-0.1, -0.05) is 108 Å². The van der Waals surface area contributed by atoms with Gasteiger partial charge in [0.1, 0.15) is 0 Å². The molecule has 0 saturated heterocycles. The molecule has 0 unspecified atom stereocenters. The standard InChI is InChI=1S/C50H48N4O/c1-29-26-30(2)45(31(3)27-29)48-43-24-22-41(53-43)46(32-10-14-34(15-11-32)49(4,5)6)39-20-18-37(51-39)36(28-55)38-19-21-40(52-38)47(42-23-25-44(48)54-42)33-12-16-35(17-13-33)50(7,8)9/h10-28,53-54H,1-9H3. The second kappa shape index (κ2) is 13.3. The highest BCUT2D eigenvalue weighted by molar-refractivity contribution is 6.01. The van der Waals surface area contributed by atoms with E-state index in [-0.39, 0.29) is 10.8 Å². The van der Waals surface area contributed by atoms with Crippen LogP contribution in [0.2, 0.25) is 0 Å². The molecular weight excluding hydrogens is 673 g/mol. The highest BCUT2D eigenvalue weighted by atomic mass is 16.1. The largest absolute Gasteiger partial charge is 0.354 e. The van der Waals surface area contributed by atoms with Gasteiger partial charge >= 0.3 is 0 Å². The minimum absolute atomic E-state index is 0.0178. The summed E-state index contributed by atoms with van der Waals surface area (Å²) in [5.74, 6) is 0. The SMILES string of the molecule is Cc1cc(C)c(-c2c3ccc([nH]3)c(-c3ccc(C(C)(C)C)cc3)c3nc(c(C=O)c4nc(c(-c5ccc(C(C)(C)C)cc5)c5ccc2[nH]5)C=C4)C=C3)c(C)c1. The number of hydrogen-bond donors (Lipinski definition) is 2. The topological polar surface area (TPSA) is 74.4 Å². The maximum atomic E-state index is 12.9. The van der Waals surface area contributed by atoms with E-state index in [0.29, 0.717) is 17.0 Å². The normalized spacial score (nSPS) is 12.7. The Labute approximate surface area is 324 Å². The van der Waals surface area contributed by atoms with Crippen LogP contribution in [0.15, 0.2) is 84.9 Å². The monoisotopic (exact) mass is 720 g/mol.